The summed E-state index contributed by atoms with van der Waals surface area (Å²) in [4.78, 5) is 27.9. The summed E-state index contributed by atoms with van der Waals surface area (Å²) in [6.07, 6.45) is 1.47. The van der Waals surface area contributed by atoms with Crippen molar-refractivity contribution < 1.29 is 28.6 Å². The maximum atomic E-state index is 12.5. The number of carboxylic acids is 1. The number of hydrogen-bond acceptors (Lipinski definition) is 6. The average Bonchev–Trinajstić information content (AvgIpc) is 3.10. The van der Waals surface area contributed by atoms with E-state index >= 15 is 0 Å². The first-order valence-corrected chi connectivity index (χ1v) is 8.33. The number of aromatic nitrogens is 1. The number of nitrogens with zero attached hydrogens (tertiary/aromatic N) is 1. The van der Waals surface area contributed by atoms with Gasteiger partial charge in [0.05, 0.1) is 0 Å². The van der Waals surface area contributed by atoms with Crippen LogP contribution in [0.2, 0.25) is 0 Å². The van der Waals surface area contributed by atoms with Crippen LogP contribution in [0.1, 0.15) is 30.8 Å². The van der Waals surface area contributed by atoms with Crippen molar-refractivity contribution >= 4 is 11.9 Å². The number of oxazole rings is 1. The smallest absolute Gasteiger partial charge is 0.326 e. The molecule has 0 unspecified atom stereocenters. The van der Waals surface area contributed by atoms with Gasteiger partial charge in [0.1, 0.15) is 19.3 Å². The van der Waals surface area contributed by atoms with Crippen molar-refractivity contribution in [2.24, 2.45) is 5.92 Å². The summed E-state index contributed by atoms with van der Waals surface area (Å²) < 4.78 is 16.4. The maximum Gasteiger partial charge on any atom is 0.326 e. The van der Waals surface area contributed by atoms with Gasteiger partial charge < -0.3 is 24.3 Å². The number of carbonyl (C=O) groups excluding carboxylic acids is 1. The van der Waals surface area contributed by atoms with E-state index in [1.165, 1.54) is 0 Å². The molecule has 1 aromatic carbocycles. The molecule has 1 aromatic heterocycles. The number of amides is 1. The molecule has 1 amide bonds. The molecule has 0 spiro atoms. The Morgan fingerprint density at radius 2 is 1.96 bits per heavy atom. The van der Waals surface area contributed by atoms with Crippen LogP contribution in [0.4, 0.5) is 0 Å². The molecular weight excluding hydrogens is 340 g/mol. The Kier molecular flexibility index (Phi) is 5.11. The van der Waals surface area contributed by atoms with Gasteiger partial charge in [-0.25, -0.2) is 9.78 Å². The van der Waals surface area contributed by atoms with E-state index in [4.69, 9.17) is 13.9 Å². The van der Waals surface area contributed by atoms with Gasteiger partial charge in [0.2, 0.25) is 0 Å². The zero-order valence-corrected chi connectivity index (χ0v) is 14.5. The molecule has 3 rings (SSSR count). The van der Waals surface area contributed by atoms with E-state index in [-0.39, 0.29) is 17.4 Å². The third kappa shape index (κ3) is 3.79. The third-order valence-corrected chi connectivity index (χ3v) is 3.90. The molecule has 8 heteroatoms. The molecule has 2 aromatic rings. The summed E-state index contributed by atoms with van der Waals surface area (Å²) in [5.41, 5.74) is 0.615. The number of carbonyl (C=O) groups is 2. The number of carboxylic acid groups (broad SMARTS) is 1. The number of nitrogens with one attached hydrogen (secondary N) is 1. The van der Waals surface area contributed by atoms with E-state index in [0.717, 1.165) is 6.39 Å². The Labute approximate surface area is 150 Å². The Morgan fingerprint density at radius 1 is 1.23 bits per heavy atom. The van der Waals surface area contributed by atoms with E-state index in [1.54, 1.807) is 18.2 Å². The van der Waals surface area contributed by atoms with Crippen LogP contribution >= 0.6 is 0 Å². The van der Waals surface area contributed by atoms with Gasteiger partial charge in [-0.05, 0) is 30.5 Å². The second kappa shape index (κ2) is 7.47. The molecule has 2 heterocycles. The SMILES string of the molecule is CC(C)C[C@@H](NC(=O)c1ncoc1-c1ccc2c(c1)OCCO2)C(=O)O. The molecule has 1 atom stereocenters. The number of ether oxygens (including phenoxy) is 2. The molecule has 26 heavy (non-hydrogen) atoms. The van der Waals surface area contributed by atoms with Crippen molar-refractivity contribution in [3.8, 4) is 22.8 Å². The monoisotopic (exact) mass is 360 g/mol. The summed E-state index contributed by atoms with van der Waals surface area (Å²) in [7, 11) is 0. The Morgan fingerprint density at radius 3 is 2.65 bits per heavy atom. The van der Waals surface area contributed by atoms with Crippen molar-refractivity contribution in [2.75, 3.05) is 13.2 Å². The molecule has 2 N–H and O–H groups in total. The highest BCUT2D eigenvalue weighted by atomic mass is 16.6. The van der Waals surface area contributed by atoms with Crippen molar-refractivity contribution in [3.63, 3.8) is 0 Å². The normalized spacial score (nSPS) is 14.1. The van der Waals surface area contributed by atoms with Gasteiger partial charge in [-0.15, -0.1) is 0 Å². The first kappa shape index (κ1) is 17.8. The predicted octanol–water partition coefficient (Wildman–Crippen LogP) is 2.34. The lowest BCUT2D eigenvalue weighted by Crippen LogP contribution is -2.41. The fraction of sp³-hybridized carbons (Fsp3) is 0.389. The first-order chi connectivity index (χ1) is 12.5. The van der Waals surface area contributed by atoms with Gasteiger partial charge in [-0.3, -0.25) is 4.79 Å². The maximum absolute atomic E-state index is 12.5. The van der Waals surface area contributed by atoms with Gasteiger partial charge in [-0.2, -0.15) is 0 Å². The molecule has 1 aliphatic rings. The zero-order chi connectivity index (χ0) is 18.7. The second-order valence-electron chi connectivity index (χ2n) is 6.38. The lowest BCUT2D eigenvalue weighted by molar-refractivity contribution is -0.139. The fourth-order valence-corrected chi connectivity index (χ4v) is 2.72. The Balaban J connectivity index is 1.84. The molecule has 138 valence electrons. The van der Waals surface area contributed by atoms with Crippen LogP contribution in [0.15, 0.2) is 29.0 Å². The Hall–Kier alpha value is -3.03. The average molecular weight is 360 g/mol. The number of rotatable bonds is 6. The Bertz CT molecular complexity index is 814. The zero-order valence-electron chi connectivity index (χ0n) is 14.5. The van der Waals surface area contributed by atoms with Gasteiger partial charge >= 0.3 is 5.97 Å². The largest absolute Gasteiger partial charge is 0.486 e. The minimum Gasteiger partial charge on any atom is -0.486 e. The van der Waals surface area contributed by atoms with Gasteiger partial charge in [-0.1, -0.05) is 13.8 Å². The highest BCUT2D eigenvalue weighted by Crippen LogP contribution is 2.35. The molecule has 0 saturated heterocycles. The molecule has 0 aliphatic carbocycles. The topological polar surface area (TPSA) is 111 Å². The molecule has 1 aliphatic heterocycles. The quantitative estimate of drug-likeness (QED) is 0.813. The van der Waals surface area contributed by atoms with Crippen molar-refractivity contribution in [2.45, 2.75) is 26.3 Å². The number of aliphatic carboxylic acids is 1. The van der Waals surface area contributed by atoms with E-state index < -0.39 is 17.9 Å². The van der Waals surface area contributed by atoms with Crippen molar-refractivity contribution in [1.82, 2.24) is 10.3 Å². The molecule has 0 bridgehead atoms. The molecule has 0 fully saturated rings. The molecule has 8 nitrogen and oxygen atoms in total. The standard InChI is InChI=1S/C18H20N2O6/c1-10(2)7-12(18(22)23)20-17(21)15-16(26-9-19-15)11-3-4-13-14(8-11)25-6-5-24-13/h3-4,8-10,12H,5-7H2,1-2H3,(H,20,21)(H,22,23)/t12-/m1/s1. The number of fused-ring (bicyclic) bond motifs is 1. The fourth-order valence-electron chi connectivity index (χ4n) is 2.72. The molecular formula is C18H20N2O6. The van der Waals surface area contributed by atoms with Crippen molar-refractivity contribution in [3.05, 3.63) is 30.3 Å². The predicted molar refractivity (Wildman–Crippen MR) is 91.3 cm³/mol. The van der Waals surface area contributed by atoms with Crippen molar-refractivity contribution in [1.29, 1.82) is 0 Å². The van der Waals surface area contributed by atoms with Gasteiger partial charge in [0.15, 0.2) is 29.3 Å². The van der Waals surface area contributed by atoms with Crippen LogP contribution in [0.3, 0.4) is 0 Å². The summed E-state index contributed by atoms with van der Waals surface area (Å²) >= 11 is 0. The number of benzene rings is 1. The first-order valence-electron chi connectivity index (χ1n) is 8.33. The summed E-state index contributed by atoms with van der Waals surface area (Å²) in [5, 5.41) is 11.8. The lowest BCUT2D eigenvalue weighted by atomic mass is 10.0. The van der Waals surface area contributed by atoms with Crippen LogP contribution in [-0.4, -0.2) is 41.2 Å². The second-order valence-corrected chi connectivity index (χ2v) is 6.38. The van der Waals surface area contributed by atoms with E-state index in [0.29, 0.717) is 36.7 Å². The number of hydrogen-bond donors (Lipinski definition) is 2. The van der Waals surface area contributed by atoms with Crippen LogP contribution in [0.25, 0.3) is 11.3 Å². The van der Waals surface area contributed by atoms with Crippen LogP contribution in [-0.2, 0) is 4.79 Å². The minimum absolute atomic E-state index is 0.0247. The van der Waals surface area contributed by atoms with Crippen LogP contribution in [0.5, 0.6) is 11.5 Å². The van der Waals surface area contributed by atoms with Crippen LogP contribution < -0.4 is 14.8 Å². The van der Waals surface area contributed by atoms with Crippen LogP contribution in [0, 0.1) is 5.92 Å². The van der Waals surface area contributed by atoms with E-state index in [1.807, 2.05) is 13.8 Å². The highest BCUT2D eigenvalue weighted by molar-refractivity contribution is 5.99. The molecule has 0 radical (unpaired) electrons. The minimum atomic E-state index is -1.09. The van der Waals surface area contributed by atoms with E-state index in [9.17, 15) is 14.7 Å². The third-order valence-electron chi connectivity index (χ3n) is 3.90. The van der Waals surface area contributed by atoms with Gasteiger partial charge in [0, 0.05) is 5.56 Å². The molecule has 0 saturated carbocycles. The van der Waals surface area contributed by atoms with Gasteiger partial charge in [0.25, 0.3) is 5.91 Å². The highest BCUT2D eigenvalue weighted by Gasteiger charge is 2.26. The lowest BCUT2D eigenvalue weighted by Gasteiger charge is -2.18. The van der Waals surface area contributed by atoms with E-state index in [2.05, 4.69) is 10.3 Å². The summed E-state index contributed by atoms with van der Waals surface area (Å²) in [6.45, 7) is 4.70. The summed E-state index contributed by atoms with van der Waals surface area (Å²) in [5.74, 6) is -0.152. The summed E-state index contributed by atoms with van der Waals surface area (Å²) in [6, 6.07) is 4.17.